The van der Waals surface area contributed by atoms with Crippen molar-refractivity contribution in [1.29, 1.82) is 0 Å². The van der Waals surface area contributed by atoms with Crippen LogP contribution in [0.1, 0.15) is 43.5 Å². The molecule has 1 fully saturated rings. The molecule has 1 aliphatic heterocycles. The summed E-state index contributed by atoms with van der Waals surface area (Å²) in [6.45, 7) is 11.2. The molecule has 1 saturated heterocycles. The molecule has 0 aromatic heterocycles. The normalized spacial score (nSPS) is 17.8. The molecule has 176 valence electrons. The van der Waals surface area contributed by atoms with Gasteiger partial charge in [0.05, 0.1) is 18.2 Å². The number of aliphatic hydroxyl groups excluding tert-OH is 1. The Balaban J connectivity index is 2.09. The molecular weight excluding hydrogens is 484 g/mol. The predicted octanol–water partition coefficient (Wildman–Crippen LogP) is 4.92. The Morgan fingerprint density at radius 1 is 1.09 bits per heavy atom. The Bertz CT molecular complexity index is 1040. The number of hydrogen-bond donors (Lipinski definition) is 1. The van der Waals surface area contributed by atoms with Gasteiger partial charge in [0.2, 0.25) is 0 Å². The van der Waals surface area contributed by atoms with E-state index < -0.39 is 17.7 Å². The molecule has 1 unspecified atom stereocenters. The number of hydrogen-bond acceptors (Lipinski definition) is 5. The highest BCUT2D eigenvalue weighted by Gasteiger charge is 2.45. The third-order valence-electron chi connectivity index (χ3n) is 6.03. The Morgan fingerprint density at radius 3 is 2.33 bits per heavy atom. The van der Waals surface area contributed by atoms with Gasteiger partial charge < -0.3 is 19.6 Å². The molecule has 2 aromatic rings. The topological polar surface area (TPSA) is 70.1 Å². The van der Waals surface area contributed by atoms with E-state index in [-0.39, 0.29) is 11.3 Å². The van der Waals surface area contributed by atoms with E-state index >= 15 is 0 Å². The zero-order chi connectivity index (χ0) is 24.1. The number of amides is 1. The molecular formula is C26H31BrN2O4. The maximum atomic E-state index is 13.2. The van der Waals surface area contributed by atoms with Gasteiger partial charge >= 0.3 is 0 Å². The first-order valence-corrected chi connectivity index (χ1v) is 12.1. The van der Waals surface area contributed by atoms with Crippen LogP contribution in [0.25, 0.3) is 5.76 Å². The Hall–Kier alpha value is -2.64. The van der Waals surface area contributed by atoms with Gasteiger partial charge in [0, 0.05) is 23.1 Å². The number of benzene rings is 2. The molecule has 0 radical (unpaired) electrons. The van der Waals surface area contributed by atoms with Gasteiger partial charge in [-0.25, -0.2) is 0 Å². The van der Waals surface area contributed by atoms with Crippen molar-refractivity contribution in [2.75, 3.05) is 32.8 Å². The summed E-state index contributed by atoms with van der Waals surface area (Å²) in [5.41, 5.74) is 2.23. The van der Waals surface area contributed by atoms with E-state index in [0.29, 0.717) is 25.3 Å². The number of Topliss-reactive ketones (excluding diaryl/α,β-unsaturated/α-hetero) is 1. The van der Waals surface area contributed by atoms with E-state index in [1.807, 2.05) is 38.1 Å². The second-order valence-electron chi connectivity index (χ2n) is 7.98. The van der Waals surface area contributed by atoms with Crippen molar-refractivity contribution in [2.45, 2.75) is 33.7 Å². The van der Waals surface area contributed by atoms with Crippen molar-refractivity contribution in [1.82, 2.24) is 9.80 Å². The zero-order valence-electron chi connectivity index (χ0n) is 19.6. The van der Waals surface area contributed by atoms with Gasteiger partial charge in [0.15, 0.2) is 0 Å². The highest BCUT2D eigenvalue weighted by molar-refractivity contribution is 9.10. The van der Waals surface area contributed by atoms with E-state index in [2.05, 4.69) is 34.7 Å². The van der Waals surface area contributed by atoms with Crippen LogP contribution in [0.5, 0.6) is 5.75 Å². The fourth-order valence-corrected chi connectivity index (χ4v) is 4.43. The molecule has 0 saturated carbocycles. The second-order valence-corrected chi connectivity index (χ2v) is 8.90. The number of aliphatic hydroxyl groups is 1. The van der Waals surface area contributed by atoms with E-state index in [9.17, 15) is 14.7 Å². The van der Waals surface area contributed by atoms with Crippen LogP contribution in [0.3, 0.4) is 0 Å². The maximum absolute atomic E-state index is 13.2. The number of aryl methyl sites for hydroxylation is 1. The van der Waals surface area contributed by atoms with Crippen molar-refractivity contribution >= 4 is 33.4 Å². The van der Waals surface area contributed by atoms with Crippen LogP contribution in [-0.4, -0.2) is 59.4 Å². The smallest absolute Gasteiger partial charge is 0.295 e. The van der Waals surface area contributed by atoms with E-state index in [4.69, 9.17) is 4.74 Å². The molecule has 33 heavy (non-hydrogen) atoms. The summed E-state index contributed by atoms with van der Waals surface area (Å²) < 4.78 is 6.49. The third-order valence-corrected chi connectivity index (χ3v) is 6.55. The molecule has 0 bridgehead atoms. The van der Waals surface area contributed by atoms with E-state index in [1.54, 1.807) is 23.1 Å². The number of likely N-dealkylation sites (N-methyl/N-ethyl adjacent to an activating group) is 1. The summed E-state index contributed by atoms with van der Waals surface area (Å²) in [6, 6.07) is 12.1. The number of nitrogens with zero attached hydrogens (tertiary/aromatic N) is 2. The first kappa shape index (κ1) is 25.0. The first-order valence-electron chi connectivity index (χ1n) is 11.3. The quantitative estimate of drug-likeness (QED) is 0.292. The summed E-state index contributed by atoms with van der Waals surface area (Å²) in [5, 5.41) is 11.2. The van der Waals surface area contributed by atoms with Gasteiger partial charge in [-0.05, 0) is 68.4 Å². The van der Waals surface area contributed by atoms with Gasteiger partial charge in [0.25, 0.3) is 11.7 Å². The predicted molar refractivity (Wildman–Crippen MR) is 133 cm³/mol. The van der Waals surface area contributed by atoms with Gasteiger partial charge in [-0.2, -0.15) is 0 Å². The van der Waals surface area contributed by atoms with Crippen LogP contribution in [0.15, 0.2) is 52.5 Å². The fraction of sp³-hybridized carbons (Fsp3) is 0.385. The van der Waals surface area contributed by atoms with Crippen LogP contribution in [0, 0.1) is 6.92 Å². The molecule has 1 amide bonds. The zero-order valence-corrected chi connectivity index (χ0v) is 21.2. The summed E-state index contributed by atoms with van der Waals surface area (Å²) >= 11 is 3.44. The van der Waals surface area contributed by atoms with Crippen molar-refractivity contribution in [2.24, 2.45) is 0 Å². The SMILES string of the molecule is CCOc1ccc(C(O)=C2C(=O)C(=O)N(CCN(CC)CC)C2c2ccc(Br)cc2)cc1C. The second kappa shape index (κ2) is 11.0. The average Bonchev–Trinajstić information content (AvgIpc) is 3.06. The van der Waals surface area contributed by atoms with Gasteiger partial charge in [0.1, 0.15) is 11.5 Å². The lowest BCUT2D eigenvalue weighted by Gasteiger charge is -2.28. The Kier molecular flexibility index (Phi) is 8.32. The maximum Gasteiger partial charge on any atom is 0.295 e. The monoisotopic (exact) mass is 514 g/mol. The van der Waals surface area contributed by atoms with Crippen LogP contribution >= 0.6 is 15.9 Å². The van der Waals surface area contributed by atoms with Crippen molar-refractivity contribution < 1.29 is 19.4 Å². The molecule has 2 aromatic carbocycles. The van der Waals surface area contributed by atoms with Crippen LogP contribution < -0.4 is 4.74 Å². The molecule has 1 aliphatic rings. The lowest BCUT2D eigenvalue weighted by molar-refractivity contribution is -0.140. The van der Waals surface area contributed by atoms with Gasteiger partial charge in [-0.15, -0.1) is 0 Å². The summed E-state index contributed by atoms with van der Waals surface area (Å²) in [7, 11) is 0. The van der Waals surface area contributed by atoms with E-state index in [1.165, 1.54) is 0 Å². The fourth-order valence-electron chi connectivity index (χ4n) is 4.16. The minimum absolute atomic E-state index is 0.116. The van der Waals surface area contributed by atoms with Crippen LogP contribution in [0.4, 0.5) is 0 Å². The minimum atomic E-state index is -0.661. The number of ether oxygens (including phenoxy) is 1. The number of carbonyl (C=O) groups excluding carboxylic acids is 2. The summed E-state index contributed by atoms with van der Waals surface area (Å²) in [4.78, 5) is 30.0. The molecule has 3 rings (SSSR count). The van der Waals surface area contributed by atoms with E-state index in [0.717, 1.165) is 34.4 Å². The Labute approximate surface area is 204 Å². The molecule has 1 heterocycles. The van der Waals surface area contributed by atoms with Crippen LogP contribution in [0.2, 0.25) is 0 Å². The number of likely N-dealkylation sites (tertiary alicyclic amines) is 1. The highest BCUT2D eigenvalue weighted by atomic mass is 79.9. The largest absolute Gasteiger partial charge is 0.507 e. The molecule has 0 spiro atoms. The average molecular weight is 515 g/mol. The van der Waals surface area contributed by atoms with Crippen LogP contribution in [-0.2, 0) is 9.59 Å². The molecule has 0 aliphatic carbocycles. The number of halogens is 1. The third kappa shape index (κ3) is 5.31. The van der Waals surface area contributed by atoms with Gasteiger partial charge in [-0.3, -0.25) is 9.59 Å². The molecule has 1 atom stereocenters. The molecule has 6 nitrogen and oxygen atoms in total. The van der Waals surface area contributed by atoms with Crippen molar-refractivity contribution in [3.8, 4) is 5.75 Å². The minimum Gasteiger partial charge on any atom is -0.507 e. The first-order chi connectivity index (χ1) is 15.8. The molecule has 1 N–H and O–H groups in total. The number of carbonyl (C=O) groups is 2. The lowest BCUT2D eigenvalue weighted by Crippen LogP contribution is -2.38. The van der Waals surface area contributed by atoms with Crippen molar-refractivity contribution in [3.63, 3.8) is 0 Å². The standard InChI is InChI=1S/C26H31BrN2O4/c1-5-28(6-2)14-15-29-23(18-8-11-20(27)12-9-18)22(25(31)26(29)32)24(30)19-10-13-21(33-7-3)17(4)16-19/h8-13,16,23,30H,5-7,14-15H2,1-4H3. The molecule has 7 heteroatoms. The summed E-state index contributed by atoms with van der Waals surface area (Å²) in [5.74, 6) is -0.693. The number of ketones is 1. The number of rotatable bonds is 9. The lowest BCUT2D eigenvalue weighted by atomic mass is 9.95. The summed E-state index contributed by atoms with van der Waals surface area (Å²) in [6.07, 6.45) is 0. The Morgan fingerprint density at radius 2 is 1.76 bits per heavy atom. The highest BCUT2D eigenvalue weighted by Crippen LogP contribution is 2.40. The van der Waals surface area contributed by atoms with Gasteiger partial charge in [-0.1, -0.05) is 41.9 Å². The van der Waals surface area contributed by atoms with Crippen molar-refractivity contribution in [3.05, 3.63) is 69.2 Å².